The first kappa shape index (κ1) is 12.7. The van der Waals surface area contributed by atoms with Crippen molar-refractivity contribution in [3.05, 3.63) is 24.3 Å². The summed E-state index contributed by atoms with van der Waals surface area (Å²) < 4.78 is 28.0. The third-order valence-electron chi connectivity index (χ3n) is 1.81. The lowest BCUT2D eigenvalue weighted by atomic mass is 10.3. The van der Waals surface area contributed by atoms with Crippen molar-refractivity contribution in [1.82, 2.24) is 0 Å². The lowest BCUT2D eigenvalue weighted by Crippen LogP contribution is -2.22. The van der Waals surface area contributed by atoms with E-state index in [1.165, 1.54) is 12.1 Å². The van der Waals surface area contributed by atoms with Crippen LogP contribution in [0.3, 0.4) is 0 Å². The highest BCUT2D eigenvalue weighted by atomic mass is 19.3. The van der Waals surface area contributed by atoms with Gasteiger partial charge in [0, 0.05) is 18.3 Å². The van der Waals surface area contributed by atoms with Crippen molar-refractivity contribution in [1.29, 1.82) is 0 Å². The standard InChI is InChI=1S/C10H13F2NO3/c11-10(12)16-9-3-1-2-7(4-9)13-5-8(15)6-14/h1-4,8,10,13-15H,5-6H2. The molecule has 6 heteroatoms. The van der Waals surface area contributed by atoms with Crippen LogP contribution in [0.2, 0.25) is 0 Å². The van der Waals surface area contributed by atoms with Crippen LogP contribution in [0.1, 0.15) is 0 Å². The fourth-order valence-corrected chi connectivity index (χ4v) is 1.08. The number of alkyl halides is 2. The first-order valence-corrected chi connectivity index (χ1v) is 4.69. The minimum Gasteiger partial charge on any atom is -0.435 e. The molecule has 1 rings (SSSR count). The Hall–Kier alpha value is -1.40. The Labute approximate surface area is 91.5 Å². The number of benzene rings is 1. The van der Waals surface area contributed by atoms with E-state index in [4.69, 9.17) is 10.2 Å². The van der Waals surface area contributed by atoms with Crippen LogP contribution in [0.15, 0.2) is 24.3 Å². The predicted molar refractivity (Wildman–Crippen MR) is 54.7 cm³/mol. The molecule has 0 heterocycles. The SMILES string of the molecule is OCC(O)CNc1cccc(OC(F)F)c1. The number of nitrogens with one attached hydrogen (secondary N) is 1. The Morgan fingerprint density at radius 3 is 2.75 bits per heavy atom. The molecule has 0 saturated carbocycles. The van der Waals surface area contributed by atoms with E-state index >= 15 is 0 Å². The quantitative estimate of drug-likeness (QED) is 0.687. The van der Waals surface area contributed by atoms with Crippen molar-refractivity contribution < 1.29 is 23.7 Å². The van der Waals surface area contributed by atoms with E-state index in [-0.39, 0.29) is 18.9 Å². The summed E-state index contributed by atoms with van der Waals surface area (Å²) in [7, 11) is 0. The fraction of sp³-hybridized carbons (Fsp3) is 0.400. The molecule has 1 aromatic carbocycles. The number of hydrogen-bond acceptors (Lipinski definition) is 4. The third-order valence-corrected chi connectivity index (χ3v) is 1.81. The van der Waals surface area contributed by atoms with Crippen LogP contribution in [0.25, 0.3) is 0 Å². The Bertz CT molecular complexity index is 323. The van der Waals surface area contributed by atoms with Gasteiger partial charge in [-0.05, 0) is 12.1 Å². The van der Waals surface area contributed by atoms with Gasteiger partial charge in [0.25, 0.3) is 0 Å². The van der Waals surface area contributed by atoms with Crippen LogP contribution < -0.4 is 10.1 Å². The third kappa shape index (κ3) is 4.41. The van der Waals surface area contributed by atoms with Gasteiger partial charge >= 0.3 is 6.61 Å². The Morgan fingerprint density at radius 2 is 2.12 bits per heavy atom. The molecule has 0 aromatic heterocycles. The molecule has 0 spiro atoms. The summed E-state index contributed by atoms with van der Waals surface area (Å²) in [4.78, 5) is 0. The summed E-state index contributed by atoms with van der Waals surface area (Å²) in [5.41, 5.74) is 0.533. The normalized spacial score (nSPS) is 12.6. The van der Waals surface area contributed by atoms with Gasteiger partial charge in [-0.3, -0.25) is 0 Å². The zero-order chi connectivity index (χ0) is 12.0. The van der Waals surface area contributed by atoms with Gasteiger partial charge in [0.2, 0.25) is 0 Å². The van der Waals surface area contributed by atoms with Crippen LogP contribution in [-0.4, -0.2) is 36.1 Å². The summed E-state index contributed by atoms with van der Waals surface area (Å²) in [6.07, 6.45) is -0.889. The average molecular weight is 233 g/mol. The fourth-order valence-electron chi connectivity index (χ4n) is 1.08. The van der Waals surface area contributed by atoms with E-state index in [1.807, 2.05) is 0 Å². The van der Waals surface area contributed by atoms with Gasteiger partial charge in [0.15, 0.2) is 0 Å². The molecule has 0 aliphatic carbocycles. The van der Waals surface area contributed by atoms with Crippen LogP contribution in [0.4, 0.5) is 14.5 Å². The van der Waals surface area contributed by atoms with E-state index in [2.05, 4.69) is 10.1 Å². The molecule has 3 N–H and O–H groups in total. The molecule has 4 nitrogen and oxygen atoms in total. The zero-order valence-electron chi connectivity index (χ0n) is 8.44. The van der Waals surface area contributed by atoms with Crippen molar-refractivity contribution in [3.63, 3.8) is 0 Å². The van der Waals surface area contributed by atoms with Gasteiger partial charge in [-0.2, -0.15) is 8.78 Å². The molecule has 90 valence electrons. The highest BCUT2D eigenvalue weighted by Crippen LogP contribution is 2.19. The van der Waals surface area contributed by atoms with Gasteiger partial charge in [-0.25, -0.2) is 0 Å². The topological polar surface area (TPSA) is 61.7 Å². The van der Waals surface area contributed by atoms with Crippen LogP contribution >= 0.6 is 0 Å². The minimum absolute atomic E-state index is 0.0403. The summed E-state index contributed by atoms with van der Waals surface area (Å²) in [6, 6.07) is 5.98. The van der Waals surface area contributed by atoms with Gasteiger partial charge in [-0.15, -0.1) is 0 Å². The molecule has 1 unspecified atom stereocenters. The first-order valence-electron chi connectivity index (χ1n) is 4.69. The lowest BCUT2D eigenvalue weighted by molar-refractivity contribution is -0.0498. The molecule has 1 atom stereocenters. The van der Waals surface area contributed by atoms with Gasteiger partial charge in [0.1, 0.15) is 5.75 Å². The van der Waals surface area contributed by atoms with Crippen molar-refractivity contribution in [2.75, 3.05) is 18.5 Å². The minimum atomic E-state index is -2.86. The maximum absolute atomic E-state index is 11.9. The Kier molecular flexibility index (Phi) is 4.94. The van der Waals surface area contributed by atoms with Crippen LogP contribution in [0, 0.1) is 0 Å². The number of hydrogen-bond donors (Lipinski definition) is 3. The van der Waals surface area contributed by atoms with Gasteiger partial charge in [0.05, 0.1) is 12.7 Å². The second-order valence-electron chi connectivity index (χ2n) is 3.12. The lowest BCUT2D eigenvalue weighted by Gasteiger charge is -2.11. The van der Waals surface area contributed by atoms with E-state index < -0.39 is 12.7 Å². The molecule has 0 aliphatic heterocycles. The molecule has 16 heavy (non-hydrogen) atoms. The van der Waals surface area contributed by atoms with E-state index in [9.17, 15) is 8.78 Å². The monoisotopic (exact) mass is 233 g/mol. The number of ether oxygens (including phenoxy) is 1. The molecule has 0 fully saturated rings. The smallest absolute Gasteiger partial charge is 0.387 e. The predicted octanol–water partition coefficient (Wildman–Crippen LogP) is 1.05. The zero-order valence-corrected chi connectivity index (χ0v) is 8.44. The maximum atomic E-state index is 11.9. The van der Waals surface area contributed by atoms with Crippen molar-refractivity contribution >= 4 is 5.69 Å². The molecular weight excluding hydrogens is 220 g/mol. The summed E-state index contributed by atoms with van der Waals surface area (Å²) >= 11 is 0. The van der Waals surface area contributed by atoms with Crippen molar-refractivity contribution in [2.24, 2.45) is 0 Å². The number of rotatable bonds is 6. The molecule has 0 saturated heterocycles. The van der Waals surface area contributed by atoms with E-state index in [0.29, 0.717) is 5.69 Å². The summed E-state index contributed by atoms with van der Waals surface area (Å²) in [5, 5.41) is 20.4. The maximum Gasteiger partial charge on any atom is 0.387 e. The number of aliphatic hydroxyl groups is 2. The largest absolute Gasteiger partial charge is 0.435 e. The van der Waals surface area contributed by atoms with Crippen molar-refractivity contribution in [2.45, 2.75) is 12.7 Å². The van der Waals surface area contributed by atoms with Crippen LogP contribution in [-0.2, 0) is 0 Å². The Morgan fingerprint density at radius 1 is 1.38 bits per heavy atom. The molecule has 0 aliphatic rings. The second-order valence-corrected chi connectivity index (χ2v) is 3.12. The van der Waals surface area contributed by atoms with Gasteiger partial charge < -0.3 is 20.3 Å². The van der Waals surface area contributed by atoms with E-state index in [0.717, 1.165) is 0 Å². The molecule has 0 amide bonds. The number of aliphatic hydroxyl groups excluding tert-OH is 2. The number of halogens is 2. The molecular formula is C10H13F2NO3. The molecule has 0 radical (unpaired) electrons. The summed E-state index contributed by atoms with van der Waals surface area (Å²) in [6.45, 7) is -3.09. The van der Waals surface area contributed by atoms with Gasteiger partial charge in [-0.1, -0.05) is 6.07 Å². The first-order chi connectivity index (χ1) is 7.61. The highest BCUT2D eigenvalue weighted by Gasteiger charge is 2.05. The summed E-state index contributed by atoms with van der Waals surface area (Å²) in [5.74, 6) is 0.0403. The van der Waals surface area contributed by atoms with Crippen LogP contribution in [0.5, 0.6) is 5.75 Å². The molecule has 0 bridgehead atoms. The molecule has 1 aromatic rings. The highest BCUT2D eigenvalue weighted by molar-refractivity contribution is 5.48. The average Bonchev–Trinajstić information content (AvgIpc) is 2.25. The number of anilines is 1. The second kappa shape index (κ2) is 6.24. The Balaban J connectivity index is 2.53. The van der Waals surface area contributed by atoms with Crippen molar-refractivity contribution in [3.8, 4) is 5.75 Å². The van der Waals surface area contributed by atoms with E-state index in [1.54, 1.807) is 12.1 Å².